The summed E-state index contributed by atoms with van der Waals surface area (Å²) in [7, 11) is 0. The largest absolute Gasteiger partial charge is 0.498 e. The highest BCUT2D eigenvalue weighted by Gasteiger charge is 2.19. The second kappa shape index (κ2) is 3.56. The van der Waals surface area contributed by atoms with E-state index >= 15 is 0 Å². The Hall–Kier alpha value is -0.790. The van der Waals surface area contributed by atoms with Gasteiger partial charge in [-0.3, -0.25) is 4.79 Å². The van der Waals surface area contributed by atoms with E-state index in [2.05, 4.69) is 6.92 Å². The molecule has 0 atom stereocenters. The van der Waals surface area contributed by atoms with Crippen LogP contribution in [0.5, 0.6) is 0 Å². The SMILES string of the molecule is CCCOC1=C(C)C(=O)CC1. The van der Waals surface area contributed by atoms with Crippen molar-refractivity contribution in [3.63, 3.8) is 0 Å². The Morgan fingerprint density at radius 2 is 2.18 bits per heavy atom. The number of ketones is 1. The van der Waals surface area contributed by atoms with Gasteiger partial charge < -0.3 is 4.74 Å². The zero-order valence-electron chi connectivity index (χ0n) is 7.14. The molecule has 1 rings (SSSR count). The molecule has 0 bridgehead atoms. The predicted octanol–water partition coefficient (Wildman–Crippen LogP) is 2.05. The highest BCUT2D eigenvalue weighted by atomic mass is 16.5. The van der Waals surface area contributed by atoms with Crippen molar-refractivity contribution in [3.05, 3.63) is 11.3 Å². The minimum atomic E-state index is 0.246. The predicted molar refractivity (Wildman–Crippen MR) is 43.2 cm³/mol. The Kier molecular flexibility index (Phi) is 2.69. The zero-order chi connectivity index (χ0) is 8.27. The Morgan fingerprint density at radius 1 is 1.45 bits per heavy atom. The lowest BCUT2D eigenvalue weighted by Gasteiger charge is -2.04. The van der Waals surface area contributed by atoms with Crippen molar-refractivity contribution in [3.8, 4) is 0 Å². The zero-order valence-corrected chi connectivity index (χ0v) is 7.14. The summed E-state index contributed by atoms with van der Waals surface area (Å²) >= 11 is 0. The van der Waals surface area contributed by atoms with Crippen LogP contribution in [0.25, 0.3) is 0 Å². The molecule has 0 saturated carbocycles. The van der Waals surface area contributed by atoms with Gasteiger partial charge in [0.2, 0.25) is 0 Å². The number of carbonyl (C=O) groups excluding carboxylic acids is 1. The molecule has 0 radical (unpaired) electrons. The van der Waals surface area contributed by atoms with Gasteiger partial charge in [-0.15, -0.1) is 0 Å². The Labute approximate surface area is 67.2 Å². The summed E-state index contributed by atoms with van der Waals surface area (Å²) in [5.41, 5.74) is 0.832. The van der Waals surface area contributed by atoms with Crippen LogP contribution in [-0.2, 0) is 9.53 Å². The van der Waals surface area contributed by atoms with E-state index in [1.807, 2.05) is 6.92 Å². The smallest absolute Gasteiger partial charge is 0.162 e. The number of rotatable bonds is 3. The summed E-state index contributed by atoms with van der Waals surface area (Å²) in [6.45, 7) is 4.65. The van der Waals surface area contributed by atoms with Crippen molar-refractivity contribution in [2.24, 2.45) is 0 Å². The average molecular weight is 154 g/mol. The lowest BCUT2D eigenvalue weighted by Crippen LogP contribution is -1.94. The fraction of sp³-hybridized carbons (Fsp3) is 0.667. The molecule has 1 aliphatic carbocycles. The highest BCUT2D eigenvalue weighted by Crippen LogP contribution is 2.23. The lowest BCUT2D eigenvalue weighted by molar-refractivity contribution is -0.114. The topological polar surface area (TPSA) is 26.3 Å². The van der Waals surface area contributed by atoms with Gasteiger partial charge in [-0.2, -0.15) is 0 Å². The number of hydrogen-bond acceptors (Lipinski definition) is 2. The molecule has 2 nitrogen and oxygen atoms in total. The van der Waals surface area contributed by atoms with Crippen LogP contribution in [-0.4, -0.2) is 12.4 Å². The first-order valence-electron chi connectivity index (χ1n) is 4.11. The summed E-state index contributed by atoms with van der Waals surface area (Å²) in [5, 5.41) is 0. The molecule has 0 aromatic heterocycles. The van der Waals surface area contributed by atoms with Crippen molar-refractivity contribution in [2.45, 2.75) is 33.1 Å². The van der Waals surface area contributed by atoms with E-state index in [-0.39, 0.29) is 5.78 Å². The monoisotopic (exact) mass is 154 g/mol. The van der Waals surface area contributed by atoms with E-state index < -0.39 is 0 Å². The van der Waals surface area contributed by atoms with E-state index in [4.69, 9.17) is 4.74 Å². The molecule has 0 aromatic carbocycles. The van der Waals surface area contributed by atoms with Crippen molar-refractivity contribution in [1.82, 2.24) is 0 Å². The van der Waals surface area contributed by atoms with Gasteiger partial charge in [0.25, 0.3) is 0 Å². The van der Waals surface area contributed by atoms with Crippen LogP contribution in [0.15, 0.2) is 11.3 Å². The maximum Gasteiger partial charge on any atom is 0.162 e. The molecule has 0 heterocycles. The molecule has 11 heavy (non-hydrogen) atoms. The maximum absolute atomic E-state index is 11.0. The molecule has 1 aliphatic rings. The molecule has 0 amide bonds. The van der Waals surface area contributed by atoms with Gasteiger partial charge in [0.1, 0.15) is 5.76 Å². The second-order valence-corrected chi connectivity index (χ2v) is 2.82. The fourth-order valence-corrected chi connectivity index (χ4v) is 1.16. The van der Waals surface area contributed by atoms with Crippen molar-refractivity contribution >= 4 is 5.78 Å². The summed E-state index contributed by atoms with van der Waals surface area (Å²) in [5.74, 6) is 1.16. The van der Waals surface area contributed by atoms with Gasteiger partial charge in [-0.05, 0) is 13.3 Å². The summed E-state index contributed by atoms with van der Waals surface area (Å²) in [6.07, 6.45) is 2.46. The number of carbonyl (C=O) groups is 1. The van der Waals surface area contributed by atoms with Gasteiger partial charge in [-0.25, -0.2) is 0 Å². The van der Waals surface area contributed by atoms with Gasteiger partial charge in [0.05, 0.1) is 6.61 Å². The molecule has 0 unspecified atom stereocenters. The normalized spacial score (nSPS) is 17.8. The molecule has 0 spiro atoms. The third-order valence-corrected chi connectivity index (χ3v) is 1.90. The van der Waals surface area contributed by atoms with Gasteiger partial charge >= 0.3 is 0 Å². The Bertz CT molecular complexity index is 192. The highest BCUT2D eigenvalue weighted by molar-refractivity contribution is 5.97. The molecule has 0 N–H and O–H groups in total. The Balaban J connectivity index is 2.50. The number of hydrogen-bond donors (Lipinski definition) is 0. The van der Waals surface area contributed by atoms with Crippen LogP contribution in [0.3, 0.4) is 0 Å². The van der Waals surface area contributed by atoms with E-state index in [0.29, 0.717) is 6.42 Å². The molecule has 0 fully saturated rings. The maximum atomic E-state index is 11.0. The first-order valence-corrected chi connectivity index (χ1v) is 4.11. The van der Waals surface area contributed by atoms with Crippen molar-refractivity contribution in [1.29, 1.82) is 0 Å². The van der Waals surface area contributed by atoms with Crippen LogP contribution >= 0.6 is 0 Å². The molecular weight excluding hydrogens is 140 g/mol. The van der Waals surface area contributed by atoms with Gasteiger partial charge in [0.15, 0.2) is 5.78 Å². The van der Waals surface area contributed by atoms with Crippen LogP contribution in [0, 0.1) is 0 Å². The summed E-state index contributed by atoms with van der Waals surface area (Å²) < 4.78 is 5.39. The van der Waals surface area contributed by atoms with Crippen LogP contribution in [0.4, 0.5) is 0 Å². The minimum Gasteiger partial charge on any atom is -0.498 e. The fourth-order valence-electron chi connectivity index (χ4n) is 1.16. The number of allylic oxidation sites excluding steroid dienone is 2. The van der Waals surface area contributed by atoms with E-state index in [1.165, 1.54) is 0 Å². The standard InChI is InChI=1S/C9H14O2/c1-3-6-11-9-5-4-8(10)7(9)2/h3-6H2,1-2H3. The second-order valence-electron chi connectivity index (χ2n) is 2.82. The lowest BCUT2D eigenvalue weighted by atomic mass is 10.2. The molecule has 0 saturated heterocycles. The van der Waals surface area contributed by atoms with E-state index in [9.17, 15) is 4.79 Å². The molecule has 0 aliphatic heterocycles. The van der Waals surface area contributed by atoms with Crippen molar-refractivity contribution < 1.29 is 9.53 Å². The van der Waals surface area contributed by atoms with Crippen LogP contribution < -0.4 is 0 Å². The third kappa shape index (κ3) is 1.82. The van der Waals surface area contributed by atoms with Crippen LogP contribution in [0.2, 0.25) is 0 Å². The number of Topliss-reactive ketones (excluding diaryl/α,β-unsaturated/α-hetero) is 1. The third-order valence-electron chi connectivity index (χ3n) is 1.90. The minimum absolute atomic E-state index is 0.246. The molecule has 62 valence electrons. The molecular formula is C9H14O2. The summed E-state index contributed by atoms with van der Waals surface area (Å²) in [6, 6.07) is 0. The van der Waals surface area contributed by atoms with Gasteiger partial charge in [-0.1, -0.05) is 6.92 Å². The first kappa shape index (κ1) is 8.31. The van der Waals surface area contributed by atoms with E-state index in [1.54, 1.807) is 0 Å². The molecule has 0 aromatic rings. The number of ether oxygens (including phenoxy) is 1. The average Bonchev–Trinajstić information content (AvgIpc) is 2.31. The molecule has 2 heteroatoms. The first-order chi connectivity index (χ1) is 5.25. The van der Waals surface area contributed by atoms with Crippen LogP contribution in [0.1, 0.15) is 33.1 Å². The van der Waals surface area contributed by atoms with E-state index in [0.717, 1.165) is 30.8 Å². The van der Waals surface area contributed by atoms with Crippen molar-refractivity contribution in [2.75, 3.05) is 6.61 Å². The summed E-state index contributed by atoms with van der Waals surface area (Å²) in [4.78, 5) is 11.0. The van der Waals surface area contributed by atoms with Gasteiger partial charge in [0, 0.05) is 18.4 Å². The quantitative estimate of drug-likeness (QED) is 0.622. The Morgan fingerprint density at radius 3 is 2.64 bits per heavy atom.